The summed E-state index contributed by atoms with van der Waals surface area (Å²) in [6.07, 6.45) is 11.5. The normalized spacial score (nSPS) is 24.5. The van der Waals surface area contributed by atoms with Gasteiger partial charge in [0, 0.05) is 11.5 Å². The highest BCUT2D eigenvalue weighted by atomic mass is 16.7. The summed E-state index contributed by atoms with van der Waals surface area (Å²) in [4.78, 5) is 2.64. The van der Waals surface area contributed by atoms with E-state index in [1.807, 2.05) is 0 Å². The van der Waals surface area contributed by atoms with Crippen LogP contribution < -0.4 is 0 Å². The summed E-state index contributed by atoms with van der Waals surface area (Å²) in [6, 6.07) is 8.91. The molecule has 2 heterocycles. The molecule has 3 rings (SSSR count). The lowest BCUT2D eigenvalue weighted by Crippen LogP contribution is -2.40. The largest absolute Gasteiger partial charge is 0.348 e. The topological polar surface area (TPSA) is 21.7 Å². The highest BCUT2D eigenvalue weighted by molar-refractivity contribution is 5.23. The first-order valence-electron chi connectivity index (χ1n) is 11.8. The summed E-state index contributed by atoms with van der Waals surface area (Å²) >= 11 is 0. The Morgan fingerprint density at radius 3 is 2.14 bits per heavy atom. The maximum absolute atomic E-state index is 6.14. The lowest BCUT2D eigenvalue weighted by atomic mass is 9.84. The van der Waals surface area contributed by atoms with Crippen molar-refractivity contribution in [3.8, 4) is 0 Å². The average molecular weight is 388 g/mol. The molecule has 0 aromatic heterocycles. The first kappa shape index (κ1) is 21.8. The Balaban J connectivity index is 1.38. The number of hydrogen-bond acceptors (Lipinski definition) is 3. The first-order valence-corrected chi connectivity index (χ1v) is 11.8. The van der Waals surface area contributed by atoms with Crippen LogP contribution in [0.3, 0.4) is 0 Å². The number of nitrogens with zero attached hydrogens (tertiary/aromatic N) is 1. The van der Waals surface area contributed by atoms with Crippen LogP contribution in [0.15, 0.2) is 24.3 Å². The number of rotatable bonds is 10. The lowest BCUT2D eigenvalue weighted by Gasteiger charge is -2.39. The minimum atomic E-state index is -0.171. The molecule has 158 valence electrons. The minimum Gasteiger partial charge on any atom is -0.348 e. The predicted molar refractivity (Wildman–Crippen MR) is 116 cm³/mol. The molecule has 2 aliphatic rings. The standard InChI is InChI=1S/C25H41NO2/c1-3-5-7-8-9-21-10-12-23(13-11-21)25-27-19-24(20-28-25)22-14-17-26(18-15-22)16-6-4-2/h10-13,22,24-25H,3-9,14-20H2,1-2H3. The van der Waals surface area contributed by atoms with E-state index < -0.39 is 0 Å². The third-order valence-corrected chi connectivity index (χ3v) is 6.62. The van der Waals surface area contributed by atoms with Gasteiger partial charge in [0.15, 0.2) is 6.29 Å². The van der Waals surface area contributed by atoms with Crippen molar-refractivity contribution >= 4 is 0 Å². The summed E-state index contributed by atoms with van der Waals surface area (Å²) in [5.41, 5.74) is 2.61. The molecule has 28 heavy (non-hydrogen) atoms. The molecule has 0 spiro atoms. The van der Waals surface area contributed by atoms with Gasteiger partial charge in [-0.25, -0.2) is 0 Å². The van der Waals surface area contributed by atoms with Crippen LogP contribution in [0.4, 0.5) is 0 Å². The van der Waals surface area contributed by atoms with E-state index in [0.29, 0.717) is 5.92 Å². The van der Waals surface area contributed by atoms with Crippen molar-refractivity contribution in [3.63, 3.8) is 0 Å². The second-order valence-electron chi connectivity index (χ2n) is 8.84. The third-order valence-electron chi connectivity index (χ3n) is 6.62. The van der Waals surface area contributed by atoms with E-state index in [9.17, 15) is 0 Å². The zero-order chi connectivity index (χ0) is 19.6. The molecule has 0 unspecified atom stereocenters. The lowest BCUT2D eigenvalue weighted by molar-refractivity contribution is -0.215. The predicted octanol–water partition coefficient (Wildman–Crippen LogP) is 5.98. The monoisotopic (exact) mass is 387 g/mol. The molecule has 2 aliphatic heterocycles. The Morgan fingerprint density at radius 1 is 0.821 bits per heavy atom. The van der Waals surface area contributed by atoms with Gasteiger partial charge in [0.05, 0.1) is 13.2 Å². The molecule has 2 fully saturated rings. The average Bonchev–Trinajstić information content (AvgIpc) is 2.76. The molecule has 0 bridgehead atoms. The molecular weight excluding hydrogens is 346 g/mol. The fraction of sp³-hybridized carbons (Fsp3) is 0.760. The molecule has 0 radical (unpaired) electrons. The second-order valence-corrected chi connectivity index (χ2v) is 8.84. The number of benzene rings is 1. The van der Waals surface area contributed by atoms with Crippen molar-refractivity contribution in [2.24, 2.45) is 11.8 Å². The van der Waals surface area contributed by atoms with Crippen LogP contribution in [-0.4, -0.2) is 37.7 Å². The Hall–Kier alpha value is -0.900. The van der Waals surface area contributed by atoms with Gasteiger partial charge in [0.25, 0.3) is 0 Å². The van der Waals surface area contributed by atoms with Crippen LogP contribution in [0.25, 0.3) is 0 Å². The highest BCUT2D eigenvalue weighted by Gasteiger charge is 2.31. The number of hydrogen-bond donors (Lipinski definition) is 0. The molecule has 2 saturated heterocycles. The number of piperidine rings is 1. The van der Waals surface area contributed by atoms with Gasteiger partial charge in [-0.1, -0.05) is 63.8 Å². The van der Waals surface area contributed by atoms with Crippen LogP contribution in [0.5, 0.6) is 0 Å². The SMILES string of the molecule is CCCCCCc1ccc(C2OCC(C3CCN(CCCC)CC3)CO2)cc1. The van der Waals surface area contributed by atoms with Gasteiger partial charge in [0.1, 0.15) is 0 Å². The molecule has 3 nitrogen and oxygen atoms in total. The van der Waals surface area contributed by atoms with Crippen molar-refractivity contribution in [1.29, 1.82) is 0 Å². The van der Waals surface area contributed by atoms with Crippen molar-refractivity contribution in [1.82, 2.24) is 4.90 Å². The summed E-state index contributed by atoms with van der Waals surface area (Å²) in [5.74, 6) is 1.34. The van der Waals surface area contributed by atoms with Crippen molar-refractivity contribution in [2.75, 3.05) is 32.8 Å². The third kappa shape index (κ3) is 6.57. The molecule has 0 saturated carbocycles. The van der Waals surface area contributed by atoms with Gasteiger partial charge in [-0.15, -0.1) is 0 Å². The summed E-state index contributed by atoms with van der Waals surface area (Å²) in [6.45, 7) is 10.0. The summed E-state index contributed by atoms with van der Waals surface area (Å²) < 4.78 is 12.3. The van der Waals surface area contributed by atoms with Crippen molar-refractivity contribution < 1.29 is 9.47 Å². The van der Waals surface area contributed by atoms with Gasteiger partial charge in [-0.3, -0.25) is 0 Å². The Morgan fingerprint density at radius 2 is 1.50 bits per heavy atom. The number of aryl methyl sites for hydroxylation is 1. The van der Waals surface area contributed by atoms with Crippen LogP contribution in [-0.2, 0) is 15.9 Å². The van der Waals surface area contributed by atoms with Gasteiger partial charge < -0.3 is 14.4 Å². The minimum absolute atomic E-state index is 0.171. The summed E-state index contributed by atoms with van der Waals surface area (Å²) in [7, 11) is 0. The Labute approximate surface area is 172 Å². The Kier molecular flexibility index (Phi) is 9.30. The van der Waals surface area contributed by atoms with Crippen LogP contribution in [0.2, 0.25) is 0 Å². The quantitative estimate of drug-likeness (QED) is 0.461. The number of likely N-dealkylation sites (tertiary alicyclic amines) is 1. The van der Waals surface area contributed by atoms with E-state index in [0.717, 1.165) is 19.1 Å². The molecule has 0 atom stereocenters. The number of unbranched alkanes of at least 4 members (excludes halogenated alkanes) is 4. The zero-order valence-electron chi connectivity index (χ0n) is 18.2. The molecule has 1 aromatic carbocycles. The van der Waals surface area contributed by atoms with E-state index in [-0.39, 0.29) is 6.29 Å². The van der Waals surface area contributed by atoms with Gasteiger partial charge in [-0.05, 0) is 63.2 Å². The van der Waals surface area contributed by atoms with E-state index >= 15 is 0 Å². The van der Waals surface area contributed by atoms with Gasteiger partial charge in [-0.2, -0.15) is 0 Å². The first-order chi connectivity index (χ1) is 13.8. The zero-order valence-corrected chi connectivity index (χ0v) is 18.2. The van der Waals surface area contributed by atoms with Crippen LogP contribution in [0, 0.1) is 11.8 Å². The summed E-state index contributed by atoms with van der Waals surface area (Å²) in [5, 5.41) is 0. The smallest absolute Gasteiger partial charge is 0.183 e. The molecule has 0 aliphatic carbocycles. The molecule has 1 aromatic rings. The van der Waals surface area contributed by atoms with Crippen molar-refractivity contribution in [3.05, 3.63) is 35.4 Å². The maximum Gasteiger partial charge on any atom is 0.183 e. The van der Waals surface area contributed by atoms with Crippen LogP contribution in [0.1, 0.15) is 82.6 Å². The molecule has 3 heteroatoms. The van der Waals surface area contributed by atoms with Crippen molar-refractivity contribution in [2.45, 2.75) is 77.9 Å². The van der Waals surface area contributed by atoms with Crippen LogP contribution >= 0.6 is 0 Å². The van der Waals surface area contributed by atoms with E-state index in [1.165, 1.54) is 88.5 Å². The molecular formula is C25H41NO2. The van der Waals surface area contributed by atoms with E-state index in [2.05, 4.69) is 43.0 Å². The van der Waals surface area contributed by atoms with Gasteiger partial charge in [0.2, 0.25) is 0 Å². The molecule has 0 N–H and O–H groups in total. The maximum atomic E-state index is 6.14. The number of ether oxygens (including phenoxy) is 2. The fourth-order valence-corrected chi connectivity index (χ4v) is 4.61. The Bertz CT molecular complexity index is 528. The second kappa shape index (κ2) is 11.9. The fourth-order valence-electron chi connectivity index (χ4n) is 4.61. The van der Waals surface area contributed by atoms with E-state index in [4.69, 9.17) is 9.47 Å². The molecule has 0 amide bonds. The van der Waals surface area contributed by atoms with Gasteiger partial charge >= 0.3 is 0 Å². The highest BCUT2D eigenvalue weighted by Crippen LogP contribution is 2.33. The van der Waals surface area contributed by atoms with E-state index in [1.54, 1.807) is 0 Å².